The van der Waals surface area contributed by atoms with E-state index < -0.39 is 0 Å². The number of fused-ring (bicyclic) bond motifs is 14. The van der Waals surface area contributed by atoms with Gasteiger partial charge in [-0.3, -0.25) is 0 Å². The van der Waals surface area contributed by atoms with Crippen LogP contribution in [0.2, 0.25) is 0 Å². The molecule has 6 heterocycles. The van der Waals surface area contributed by atoms with Gasteiger partial charge in [-0.1, -0.05) is 103 Å². The van der Waals surface area contributed by atoms with Crippen LogP contribution in [0.3, 0.4) is 0 Å². The van der Waals surface area contributed by atoms with Gasteiger partial charge in [0.1, 0.15) is 0 Å². The van der Waals surface area contributed by atoms with Crippen molar-refractivity contribution in [3.05, 3.63) is 169 Å². The summed E-state index contributed by atoms with van der Waals surface area (Å²) in [4.78, 5) is 5.22. The Balaban J connectivity index is 1.12. The predicted octanol–water partition coefficient (Wildman–Crippen LogP) is 12.7. The highest BCUT2D eigenvalue weighted by molar-refractivity contribution is 7.33. The van der Waals surface area contributed by atoms with Crippen molar-refractivity contribution in [2.45, 2.75) is 6.92 Å². The summed E-state index contributed by atoms with van der Waals surface area (Å²) in [7, 11) is 0. The van der Waals surface area contributed by atoms with Gasteiger partial charge in [0.2, 0.25) is 0 Å². The van der Waals surface area contributed by atoms with Crippen LogP contribution in [-0.4, -0.2) is 11.3 Å². The Morgan fingerprint density at radius 1 is 0.456 bits per heavy atom. The molecule has 0 saturated carbocycles. The molecule has 57 heavy (non-hydrogen) atoms. The Morgan fingerprint density at radius 2 is 1.19 bits per heavy atom. The second-order valence-electron chi connectivity index (χ2n) is 15.7. The number of benzene rings is 8. The smallest absolute Gasteiger partial charge is 0.264 e. The Hall–Kier alpha value is -6.60. The van der Waals surface area contributed by atoms with Gasteiger partial charge in [0.15, 0.2) is 0 Å². The largest absolute Gasteiger partial charge is 0.310 e. The topological polar surface area (TPSA) is 11.4 Å². The van der Waals surface area contributed by atoms with Crippen LogP contribution in [0, 0.1) is 6.92 Å². The molecule has 0 fully saturated rings. The lowest BCUT2D eigenvalue weighted by atomic mass is 9.36. The standard InChI is InChI=1S/C51H30BN3S2/c1-29-25-42-47-43(26-29)55-40-18-9-15-36-33-13-5-7-17-39(33)54(48(36)40)41-19-10-16-38(50(41)55)52(47)51-49(37-27-31(21-24-45(37)57-51)30-11-3-2-4-12-30)53(42)32-22-23-35-34-14-6-8-20-44(34)56-46(35)28-32/h2-28H,1H3. The molecule has 264 valence electrons. The molecule has 0 amide bonds. The van der Waals surface area contributed by atoms with Crippen molar-refractivity contribution in [2.24, 2.45) is 0 Å². The number of nitrogens with zero attached hydrogens (tertiary/aromatic N) is 3. The van der Waals surface area contributed by atoms with Crippen molar-refractivity contribution in [3.8, 4) is 16.8 Å². The van der Waals surface area contributed by atoms with Crippen LogP contribution < -0.4 is 25.5 Å². The Morgan fingerprint density at radius 3 is 2.11 bits per heavy atom. The van der Waals surface area contributed by atoms with E-state index in [-0.39, 0.29) is 6.71 Å². The summed E-state index contributed by atoms with van der Waals surface area (Å²) in [6, 6.07) is 61.6. The normalized spacial score (nSPS) is 13.6. The first-order valence-corrected chi connectivity index (χ1v) is 21.3. The lowest BCUT2D eigenvalue weighted by Gasteiger charge is -2.45. The summed E-state index contributed by atoms with van der Waals surface area (Å²) in [5.74, 6) is 0. The molecule has 11 aromatic rings. The van der Waals surface area contributed by atoms with Crippen LogP contribution in [-0.2, 0) is 0 Å². The van der Waals surface area contributed by atoms with Crippen molar-refractivity contribution >= 4 is 131 Å². The summed E-state index contributed by atoms with van der Waals surface area (Å²) in [6.45, 7) is 2.35. The fourth-order valence-electron chi connectivity index (χ4n) is 10.4. The minimum atomic E-state index is 0.0706. The fourth-order valence-corrected chi connectivity index (χ4v) is 12.9. The van der Waals surface area contributed by atoms with Crippen LogP contribution in [0.1, 0.15) is 5.56 Å². The molecule has 0 aliphatic carbocycles. The molecule has 0 N–H and O–H groups in total. The first-order chi connectivity index (χ1) is 28.2. The maximum Gasteiger partial charge on any atom is 0.264 e. The quantitative estimate of drug-likeness (QED) is 0.163. The molecule has 3 aliphatic rings. The molecule has 8 aromatic carbocycles. The van der Waals surface area contributed by atoms with E-state index in [4.69, 9.17) is 0 Å². The summed E-state index contributed by atoms with van der Waals surface area (Å²) >= 11 is 3.86. The van der Waals surface area contributed by atoms with E-state index in [1.54, 1.807) is 0 Å². The fraction of sp³-hybridized carbons (Fsp3) is 0.0196. The van der Waals surface area contributed by atoms with Crippen molar-refractivity contribution < 1.29 is 0 Å². The Bertz CT molecular complexity index is 3580. The molecule has 0 unspecified atom stereocenters. The van der Waals surface area contributed by atoms with Gasteiger partial charge in [-0.05, 0) is 95.2 Å². The first-order valence-electron chi connectivity index (χ1n) is 19.6. The third-order valence-corrected chi connectivity index (χ3v) is 15.0. The van der Waals surface area contributed by atoms with E-state index in [1.165, 1.54) is 124 Å². The van der Waals surface area contributed by atoms with Crippen LogP contribution in [0.5, 0.6) is 0 Å². The van der Waals surface area contributed by atoms with E-state index in [0.717, 1.165) is 0 Å². The average Bonchev–Trinajstić information content (AvgIpc) is 3.93. The van der Waals surface area contributed by atoms with Gasteiger partial charge in [0, 0.05) is 62.9 Å². The van der Waals surface area contributed by atoms with E-state index in [9.17, 15) is 0 Å². The summed E-state index contributed by atoms with van der Waals surface area (Å²) in [5, 5.41) is 6.54. The zero-order chi connectivity index (χ0) is 37.1. The van der Waals surface area contributed by atoms with Crippen LogP contribution in [0.4, 0.5) is 34.1 Å². The molecule has 0 spiro atoms. The lowest BCUT2D eigenvalue weighted by Crippen LogP contribution is -2.61. The van der Waals surface area contributed by atoms with Gasteiger partial charge in [-0.25, -0.2) is 0 Å². The van der Waals surface area contributed by atoms with E-state index in [1.807, 2.05) is 22.7 Å². The van der Waals surface area contributed by atoms with Crippen molar-refractivity contribution in [2.75, 3.05) is 9.80 Å². The third kappa shape index (κ3) is 3.87. The number of hydrogen-bond acceptors (Lipinski definition) is 4. The number of hydrogen-bond donors (Lipinski definition) is 0. The molecule has 14 rings (SSSR count). The zero-order valence-electron chi connectivity index (χ0n) is 30.8. The number of aromatic nitrogens is 1. The second kappa shape index (κ2) is 10.8. The van der Waals surface area contributed by atoms with Gasteiger partial charge in [-0.2, -0.15) is 0 Å². The molecule has 3 nitrogen and oxygen atoms in total. The number of anilines is 6. The number of rotatable bonds is 2. The zero-order valence-corrected chi connectivity index (χ0v) is 32.5. The molecule has 3 aromatic heterocycles. The maximum atomic E-state index is 2.62. The Kier molecular flexibility index (Phi) is 5.81. The van der Waals surface area contributed by atoms with Gasteiger partial charge < -0.3 is 14.4 Å². The minimum Gasteiger partial charge on any atom is -0.310 e. The second-order valence-corrected chi connectivity index (χ2v) is 17.9. The van der Waals surface area contributed by atoms with Gasteiger partial charge in [-0.15, -0.1) is 22.7 Å². The van der Waals surface area contributed by atoms with E-state index in [2.05, 4.69) is 185 Å². The summed E-state index contributed by atoms with van der Waals surface area (Å²) in [5.41, 5.74) is 17.8. The van der Waals surface area contributed by atoms with Crippen LogP contribution >= 0.6 is 22.7 Å². The highest BCUT2D eigenvalue weighted by Gasteiger charge is 2.47. The van der Waals surface area contributed by atoms with Gasteiger partial charge in [0.05, 0.1) is 33.8 Å². The molecular weight excluding hydrogens is 730 g/mol. The third-order valence-electron chi connectivity index (χ3n) is 12.7. The minimum absolute atomic E-state index is 0.0706. The molecule has 0 radical (unpaired) electrons. The monoisotopic (exact) mass is 759 g/mol. The molecular formula is C51H30BN3S2. The molecule has 0 atom stereocenters. The van der Waals surface area contributed by atoms with E-state index >= 15 is 0 Å². The predicted molar refractivity (Wildman–Crippen MR) is 247 cm³/mol. The van der Waals surface area contributed by atoms with Gasteiger partial charge in [0.25, 0.3) is 6.71 Å². The maximum absolute atomic E-state index is 2.62. The number of aryl methyl sites for hydroxylation is 1. The lowest BCUT2D eigenvalue weighted by molar-refractivity contribution is 1.11. The van der Waals surface area contributed by atoms with Crippen molar-refractivity contribution in [1.82, 2.24) is 4.57 Å². The number of thiophene rings is 2. The summed E-state index contributed by atoms with van der Waals surface area (Å²) in [6.07, 6.45) is 0. The highest BCUT2D eigenvalue weighted by Crippen LogP contribution is 2.54. The highest BCUT2D eigenvalue weighted by atomic mass is 32.1. The van der Waals surface area contributed by atoms with E-state index in [0.29, 0.717) is 0 Å². The van der Waals surface area contributed by atoms with Crippen molar-refractivity contribution in [1.29, 1.82) is 0 Å². The molecule has 0 bridgehead atoms. The SMILES string of the molecule is Cc1cc2c3c(c1)N1c4c(cccc4-n4c5ccccc5c5cccc1c54)B3c1sc3ccc(-c4ccccc4)cc3c1N2c1ccc2c(c1)sc1ccccc12. The molecule has 0 saturated heterocycles. The summed E-state index contributed by atoms with van der Waals surface area (Å²) < 4.78 is 7.89. The van der Waals surface area contributed by atoms with Crippen molar-refractivity contribution in [3.63, 3.8) is 0 Å². The first kappa shape index (κ1) is 30.6. The molecule has 3 aliphatic heterocycles. The number of para-hydroxylation sites is 3. The van der Waals surface area contributed by atoms with Gasteiger partial charge >= 0.3 is 0 Å². The molecule has 6 heteroatoms. The van der Waals surface area contributed by atoms with Crippen LogP contribution in [0.15, 0.2) is 164 Å². The van der Waals surface area contributed by atoms with Crippen LogP contribution in [0.25, 0.3) is 68.9 Å². The Labute approximate surface area is 337 Å². The average molecular weight is 760 g/mol.